The van der Waals surface area contributed by atoms with Gasteiger partial charge in [-0.1, -0.05) is 6.07 Å². The summed E-state index contributed by atoms with van der Waals surface area (Å²) in [6.07, 6.45) is 0. The molecule has 3 N–H and O–H groups in total. The van der Waals surface area contributed by atoms with Gasteiger partial charge >= 0.3 is 0 Å². The molecule has 0 bridgehead atoms. The number of carbonyl (C=O) groups excluding carboxylic acids is 1. The molecule has 1 aromatic carbocycles. The van der Waals surface area contributed by atoms with E-state index in [1.165, 1.54) is 18.2 Å². The molecule has 1 aromatic rings. The maximum atomic E-state index is 11.9. The van der Waals surface area contributed by atoms with Crippen LogP contribution in [0.15, 0.2) is 39.5 Å². The lowest BCUT2D eigenvalue weighted by molar-refractivity contribution is -0.118. The molecular weight excluding hydrogens is 276 g/mol. The van der Waals surface area contributed by atoms with Crippen LogP contribution >= 0.6 is 0 Å². The summed E-state index contributed by atoms with van der Waals surface area (Å²) in [5.74, 6) is -0.516. The highest BCUT2D eigenvalue weighted by atomic mass is 16.3. The molecule has 3 rings (SSSR count). The van der Waals surface area contributed by atoms with E-state index in [9.17, 15) is 14.7 Å². The predicted octanol–water partition coefficient (Wildman–Crippen LogP) is 0.929. The summed E-state index contributed by atoms with van der Waals surface area (Å²) in [4.78, 5) is 27.2. The zero-order valence-corrected chi connectivity index (χ0v) is 10.7. The topological polar surface area (TPSA) is 113 Å². The van der Waals surface area contributed by atoms with Gasteiger partial charge in [0.1, 0.15) is 23.6 Å². The molecule has 0 aromatic heterocycles. The van der Waals surface area contributed by atoms with E-state index in [0.717, 1.165) is 0 Å². The second-order valence-electron chi connectivity index (χ2n) is 4.36. The number of para-hydroxylation sites is 1. The number of carbonyl (C=O) groups is 1. The van der Waals surface area contributed by atoms with E-state index in [2.05, 4.69) is 10.3 Å². The van der Waals surface area contributed by atoms with Gasteiger partial charge in [0.05, 0.1) is 5.69 Å². The first-order chi connectivity index (χ1) is 10.1. The summed E-state index contributed by atoms with van der Waals surface area (Å²) in [7, 11) is 0. The van der Waals surface area contributed by atoms with Crippen LogP contribution in [0.3, 0.4) is 0 Å². The van der Waals surface area contributed by atoms with Crippen molar-refractivity contribution in [3.05, 3.63) is 40.6 Å². The summed E-state index contributed by atoms with van der Waals surface area (Å²) in [5, 5.41) is 20.7. The molecule has 7 heteroatoms. The lowest BCUT2D eigenvalue weighted by Crippen LogP contribution is -2.20. The fourth-order valence-electron chi connectivity index (χ4n) is 1.95. The lowest BCUT2D eigenvalue weighted by atomic mass is 10.2. The van der Waals surface area contributed by atoms with Crippen LogP contribution in [0.2, 0.25) is 0 Å². The van der Waals surface area contributed by atoms with Gasteiger partial charge in [-0.15, -0.1) is 0 Å². The van der Waals surface area contributed by atoms with E-state index in [1.807, 2.05) is 0 Å². The molecule has 1 aliphatic heterocycles. The standard InChI is InChI=1S/C14H10N2O5/c17-6-13(20)15-7-4-8-12(5-10(7)19)21-11-3-1-2-9(18)14(11)16-8/h1-5,17-18H,6H2,(H,15,20). The van der Waals surface area contributed by atoms with Crippen molar-refractivity contribution >= 4 is 22.7 Å². The van der Waals surface area contributed by atoms with Gasteiger partial charge in [0, 0.05) is 6.07 Å². The fraction of sp³-hybridized carbons (Fsp3) is 0.0714. The SMILES string of the molecule is O=C(CO)Nc1cc2nc3c(O)cccc3oc-2cc1=O. The largest absolute Gasteiger partial charge is 0.506 e. The van der Waals surface area contributed by atoms with Gasteiger partial charge < -0.3 is 19.9 Å². The lowest BCUT2D eigenvalue weighted by Gasteiger charge is -2.09. The number of fused-ring (bicyclic) bond motifs is 2. The van der Waals surface area contributed by atoms with Crippen LogP contribution in [0.25, 0.3) is 22.6 Å². The van der Waals surface area contributed by atoms with Crippen LogP contribution in [-0.2, 0) is 4.79 Å². The van der Waals surface area contributed by atoms with E-state index >= 15 is 0 Å². The van der Waals surface area contributed by atoms with Crippen molar-refractivity contribution in [3.8, 4) is 17.2 Å². The Morgan fingerprint density at radius 1 is 1.33 bits per heavy atom. The van der Waals surface area contributed by atoms with Crippen LogP contribution in [0, 0.1) is 0 Å². The number of nitrogens with zero attached hydrogens (tertiary/aromatic N) is 1. The third-order valence-corrected chi connectivity index (χ3v) is 2.91. The van der Waals surface area contributed by atoms with Crippen molar-refractivity contribution in [2.24, 2.45) is 0 Å². The number of nitrogens with one attached hydrogen (secondary N) is 1. The third-order valence-electron chi connectivity index (χ3n) is 2.91. The number of aromatic nitrogens is 1. The highest BCUT2D eigenvalue weighted by molar-refractivity contribution is 5.92. The molecule has 7 nitrogen and oxygen atoms in total. The summed E-state index contributed by atoms with van der Waals surface area (Å²) >= 11 is 0. The molecule has 2 aliphatic rings. The Balaban J connectivity index is 2.23. The van der Waals surface area contributed by atoms with Crippen LogP contribution in [-0.4, -0.2) is 27.7 Å². The molecule has 0 saturated carbocycles. The highest BCUT2D eigenvalue weighted by Gasteiger charge is 2.15. The molecule has 1 amide bonds. The number of aromatic hydroxyl groups is 1. The number of hydrogen-bond acceptors (Lipinski definition) is 6. The normalized spacial score (nSPS) is 10.9. The maximum Gasteiger partial charge on any atom is 0.250 e. The van der Waals surface area contributed by atoms with Crippen molar-refractivity contribution in [1.29, 1.82) is 0 Å². The Labute approximate surface area is 117 Å². The molecule has 1 aliphatic carbocycles. The van der Waals surface area contributed by atoms with Gasteiger partial charge in [-0.25, -0.2) is 4.98 Å². The van der Waals surface area contributed by atoms with Gasteiger partial charge in [0.25, 0.3) is 0 Å². The molecule has 0 spiro atoms. The predicted molar refractivity (Wildman–Crippen MR) is 74.3 cm³/mol. The molecule has 0 saturated heterocycles. The number of benzene rings is 2. The third kappa shape index (κ3) is 2.30. The van der Waals surface area contributed by atoms with E-state index in [1.54, 1.807) is 12.1 Å². The second kappa shape index (κ2) is 4.88. The molecule has 106 valence electrons. The summed E-state index contributed by atoms with van der Waals surface area (Å²) in [5.41, 5.74) is 0.419. The van der Waals surface area contributed by atoms with Gasteiger partial charge in [-0.2, -0.15) is 0 Å². The average molecular weight is 286 g/mol. The number of phenolic OH excluding ortho intramolecular Hbond substituents is 1. The van der Waals surface area contributed by atoms with E-state index in [-0.39, 0.29) is 22.7 Å². The minimum absolute atomic E-state index is 0.0148. The van der Waals surface area contributed by atoms with Crippen LogP contribution in [0.5, 0.6) is 5.75 Å². The van der Waals surface area contributed by atoms with Gasteiger partial charge in [0.2, 0.25) is 11.3 Å². The first-order valence-corrected chi connectivity index (χ1v) is 6.06. The summed E-state index contributed by atoms with van der Waals surface area (Å²) < 4.78 is 5.51. The fourth-order valence-corrected chi connectivity index (χ4v) is 1.95. The Morgan fingerprint density at radius 3 is 2.90 bits per heavy atom. The Bertz CT molecular complexity index is 871. The van der Waals surface area contributed by atoms with Crippen molar-refractivity contribution in [1.82, 2.24) is 4.98 Å². The molecule has 0 atom stereocenters. The number of phenols is 1. The number of aliphatic hydroxyl groups excluding tert-OH is 1. The maximum absolute atomic E-state index is 11.9. The van der Waals surface area contributed by atoms with Crippen LogP contribution in [0.4, 0.5) is 5.69 Å². The monoisotopic (exact) mass is 286 g/mol. The Hall–Kier alpha value is -2.93. The molecule has 0 unspecified atom stereocenters. The minimum atomic E-state index is -0.728. The summed E-state index contributed by atoms with van der Waals surface area (Å²) in [6, 6.07) is 7.21. The number of rotatable bonds is 2. The van der Waals surface area contributed by atoms with Gasteiger partial charge in [-0.3, -0.25) is 9.59 Å². The summed E-state index contributed by atoms with van der Waals surface area (Å²) in [6.45, 7) is -0.728. The highest BCUT2D eigenvalue weighted by Crippen LogP contribution is 2.29. The minimum Gasteiger partial charge on any atom is -0.506 e. The molecule has 1 heterocycles. The van der Waals surface area contributed by atoms with Gasteiger partial charge in [-0.05, 0) is 18.2 Å². The zero-order chi connectivity index (χ0) is 15.0. The molecule has 21 heavy (non-hydrogen) atoms. The van der Waals surface area contributed by atoms with Crippen LogP contribution in [0.1, 0.15) is 0 Å². The smallest absolute Gasteiger partial charge is 0.250 e. The number of anilines is 1. The van der Waals surface area contributed by atoms with Crippen molar-refractivity contribution in [3.63, 3.8) is 0 Å². The first kappa shape index (κ1) is 13.1. The first-order valence-electron chi connectivity index (χ1n) is 6.06. The molecular formula is C14H10N2O5. The van der Waals surface area contributed by atoms with Crippen LogP contribution < -0.4 is 10.7 Å². The van der Waals surface area contributed by atoms with Crippen molar-refractivity contribution < 1.29 is 19.4 Å². The Kier molecular flexibility index (Phi) is 3.03. The van der Waals surface area contributed by atoms with Gasteiger partial charge in [0.15, 0.2) is 11.3 Å². The van der Waals surface area contributed by atoms with E-state index in [4.69, 9.17) is 9.52 Å². The van der Waals surface area contributed by atoms with E-state index in [0.29, 0.717) is 11.3 Å². The Morgan fingerprint density at radius 2 is 2.14 bits per heavy atom. The number of amides is 1. The number of hydrogen-bond donors (Lipinski definition) is 3. The van der Waals surface area contributed by atoms with E-state index < -0.39 is 17.9 Å². The average Bonchev–Trinajstić information content (AvgIpc) is 2.47. The quantitative estimate of drug-likeness (QED) is 0.604. The van der Waals surface area contributed by atoms with Crippen molar-refractivity contribution in [2.75, 3.05) is 11.9 Å². The number of aliphatic hydroxyl groups is 1. The zero-order valence-electron chi connectivity index (χ0n) is 10.7. The molecule has 0 fully saturated rings. The van der Waals surface area contributed by atoms with Crippen molar-refractivity contribution in [2.45, 2.75) is 0 Å². The second-order valence-corrected chi connectivity index (χ2v) is 4.36. The molecule has 0 radical (unpaired) electrons.